The van der Waals surface area contributed by atoms with Gasteiger partial charge in [-0.05, 0) is 25.0 Å². The number of hydrogen-bond acceptors (Lipinski definition) is 4. The van der Waals surface area contributed by atoms with Gasteiger partial charge in [0, 0.05) is 35.1 Å². The molecule has 0 aliphatic carbocycles. The minimum atomic E-state index is 0.118. The molecule has 108 valence electrons. The highest BCUT2D eigenvalue weighted by atomic mass is 32.1. The van der Waals surface area contributed by atoms with Gasteiger partial charge in [0.15, 0.2) is 0 Å². The molecule has 2 N–H and O–H groups in total. The van der Waals surface area contributed by atoms with Crippen LogP contribution in [0, 0.1) is 0 Å². The Morgan fingerprint density at radius 1 is 1.30 bits per heavy atom. The maximum absolute atomic E-state index is 6.21. The highest BCUT2D eigenvalue weighted by Gasteiger charge is 2.18. The lowest BCUT2D eigenvalue weighted by Gasteiger charge is -2.14. The second-order valence-electron chi connectivity index (χ2n) is 6.20. The molecule has 2 aromatic heterocycles. The molecule has 0 radical (unpaired) electrons. The molecule has 0 aliphatic rings. The fourth-order valence-corrected chi connectivity index (χ4v) is 3.07. The molecule has 1 unspecified atom stereocenters. The van der Waals surface area contributed by atoms with Gasteiger partial charge in [-0.1, -0.05) is 26.8 Å². The third kappa shape index (κ3) is 4.39. The number of thiazole rings is 1. The van der Waals surface area contributed by atoms with Gasteiger partial charge in [-0.15, -0.1) is 11.3 Å². The SMILES string of the molecule is CC(C)(C)c1csc(CC(N)CCc2ccccn2)n1. The van der Waals surface area contributed by atoms with Gasteiger partial charge in [0.05, 0.1) is 10.7 Å². The molecule has 2 heterocycles. The Balaban J connectivity index is 1.85. The third-order valence-electron chi connectivity index (χ3n) is 3.25. The molecule has 4 heteroatoms. The average Bonchev–Trinajstić information content (AvgIpc) is 2.86. The summed E-state index contributed by atoms with van der Waals surface area (Å²) in [6, 6.07) is 6.15. The summed E-state index contributed by atoms with van der Waals surface area (Å²) in [4.78, 5) is 9.02. The molecule has 0 saturated heterocycles. The first kappa shape index (κ1) is 15.1. The van der Waals surface area contributed by atoms with Gasteiger partial charge in [0.25, 0.3) is 0 Å². The Bertz CT molecular complexity index is 528. The Morgan fingerprint density at radius 2 is 2.10 bits per heavy atom. The maximum Gasteiger partial charge on any atom is 0.0943 e. The van der Waals surface area contributed by atoms with Crippen LogP contribution >= 0.6 is 11.3 Å². The second kappa shape index (κ2) is 6.46. The van der Waals surface area contributed by atoms with Crippen molar-refractivity contribution >= 4 is 11.3 Å². The van der Waals surface area contributed by atoms with Crippen LogP contribution in [0.3, 0.4) is 0 Å². The zero-order valence-electron chi connectivity index (χ0n) is 12.5. The quantitative estimate of drug-likeness (QED) is 0.918. The first-order valence-corrected chi connectivity index (χ1v) is 7.93. The zero-order chi connectivity index (χ0) is 14.6. The van der Waals surface area contributed by atoms with Crippen LogP contribution in [0.5, 0.6) is 0 Å². The predicted octanol–water partition coefficient (Wildman–Crippen LogP) is 3.34. The Labute approximate surface area is 125 Å². The molecule has 2 rings (SSSR count). The van der Waals surface area contributed by atoms with Crippen molar-refractivity contribution < 1.29 is 0 Å². The van der Waals surface area contributed by atoms with Crippen molar-refractivity contribution in [2.45, 2.75) is 51.5 Å². The van der Waals surface area contributed by atoms with Gasteiger partial charge in [-0.2, -0.15) is 0 Å². The van der Waals surface area contributed by atoms with Crippen LogP contribution in [-0.4, -0.2) is 16.0 Å². The van der Waals surface area contributed by atoms with E-state index in [1.165, 1.54) is 0 Å². The lowest BCUT2D eigenvalue weighted by atomic mass is 9.93. The van der Waals surface area contributed by atoms with Crippen molar-refractivity contribution in [1.29, 1.82) is 0 Å². The monoisotopic (exact) mass is 289 g/mol. The van der Waals surface area contributed by atoms with E-state index in [4.69, 9.17) is 10.7 Å². The van der Waals surface area contributed by atoms with Gasteiger partial charge in [0.1, 0.15) is 0 Å². The smallest absolute Gasteiger partial charge is 0.0943 e. The number of nitrogens with zero attached hydrogens (tertiary/aromatic N) is 2. The maximum atomic E-state index is 6.21. The van der Waals surface area contributed by atoms with E-state index < -0.39 is 0 Å². The summed E-state index contributed by atoms with van der Waals surface area (Å²) in [5, 5.41) is 3.30. The lowest BCUT2D eigenvalue weighted by Crippen LogP contribution is -2.23. The molecule has 0 aromatic carbocycles. The minimum Gasteiger partial charge on any atom is -0.327 e. The topological polar surface area (TPSA) is 51.8 Å². The van der Waals surface area contributed by atoms with Gasteiger partial charge in [0.2, 0.25) is 0 Å². The fourth-order valence-electron chi connectivity index (χ4n) is 1.95. The number of aryl methyl sites for hydroxylation is 1. The van der Waals surface area contributed by atoms with Gasteiger partial charge in [-0.3, -0.25) is 4.98 Å². The second-order valence-corrected chi connectivity index (χ2v) is 7.14. The predicted molar refractivity (Wildman–Crippen MR) is 85.1 cm³/mol. The van der Waals surface area contributed by atoms with E-state index in [0.29, 0.717) is 0 Å². The molecule has 0 spiro atoms. The average molecular weight is 289 g/mol. The summed E-state index contributed by atoms with van der Waals surface area (Å²) in [5.41, 5.74) is 8.60. The van der Waals surface area contributed by atoms with E-state index in [1.807, 2.05) is 24.4 Å². The molecule has 0 bridgehead atoms. The number of pyridine rings is 1. The van der Waals surface area contributed by atoms with Gasteiger partial charge in [-0.25, -0.2) is 4.98 Å². The summed E-state index contributed by atoms with van der Waals surface area (Å²) in [5.74, 6) is 0. The number of rotatable bonds is 5. The molecule has 20 heavy (non-hydrogen) atoms. The highest BCUT2D eigenvalue weighted by molar-refractivity contribution is 7.09. The highest BCUT2D eigenvalue weighted by Crippen LogP contribution is 2.24. The molecular weight excluding hydrogens is 266 g/mol. The molecule has 0 aliphatic heterocycles. The van der Waals surface area contributed by atoms with Crippen molar-refractivity contribution in [3.05, 3.63) is 46.2 Å². The minimum absolute atomic E-state index is 0.118. The summed E-state index contributed by atoms with van der Waals surface area (Å²) >= 11 is 1.72. The molecule has 3 nitrogen and oxygen atoms in total. The van der Waals surface area contributed by atoms with E-state index in [9.17, 15) is 0 Å². The van der Waals surface area contributed by atoms with Crippen molar-refractivity contribution in [2.24, 2.45) is 5.73 Å². The Morgan fingerprint density at radius 3 is 2.70 bits per heavy atom. The lowest BCUT2D eigenvalue weighted by molar-refractivity contribution is 0.563. The molecule has 0 fully saturated rings. The van der Waals surface area contributed by atoms with E-state index >= 15 is 0 Å². The third-order valence-corrected chi connectivity index (χ3v) is 4.13. The van der Waals surface area contributed by atoms with E-state index in [-0.39, 0.29) is 11.5 Å². The first-order valence-electron chi connectivity index (χ1n) is 7.05. The molecule has 1 atom stereocenters. The van der Waals surface area contributed by atoms with E-state index in [2.05, 4.69) is 31.1 Å². The van der Waals surface area contributed by atoms with Crippen LogP contribution in [0.1, 0.15) is 43.6 Å². The van der Waals surface area contributed by atoms with Crippen molar-refractivity contribution in [3.63, 3.8) is 0 Å². The Hall–Kier alpha value is -1.26. The van der Waals surface area contributed by atoms with Gasteiger partial charge < -0.3 is 5.73 Å². The van der Waals surface area contributed by atoms with Crippen molar-refractivity contribution in [3.8, 4) is 0 Å². The molecular formula is C16H23N3S. The van der Waals surface area contributed by atoms with Crippen molar-refractivity contribution in [1.82, 2.24) is 9.97 Å². The van der Waals surface area contributed by atoms with Crippen LogP contribution in [0.25, 0.3) is 0 Å². The standard InChI is InChI=1S/C16H23N3S/c1-16(2,3)14-11-20-15(19-14)10-12(17)7-8-13-6-4-5-9-18-13/h4-6,9,11-12H,7-8,10,17H2,1-3H3. The molecule has 0 saturated carbocycles. The molecule has 2 aromatic rings. The summed E-state index contributed by atoms with van der Waals surface area (Å²) in [7, 11) is 0. The van der Waals surface area contributed by atoms with Crippen LogP contribution in [0.2, 0.25) is 0 Å². The van der Waals surface area contributed by atoms with Crippen LogP contribution < -0.4 is 5.73 Å². The molecule has 0 amide bonds. The van der Waals surface area contributed by atoms with Crippen LogP contribution in [-0.2, 0) is 18.3 Å². The summed E-state index contributed by atoms with van der Waals surface area (Å²) in [6.45, 7) is 6.56. The normalized spacial score (nSPS) is 13.4. The number of aromatic nitrogens is 2. The van der Waals surface area contributed by atoms with Gasteiger partial charge >= 0.3 is 0 Å². The number of hydrogen-bond donors (Lipinski definition) is 1. The number of nitrogens with two attached hydrogens (primary N) is 1. The van der Waals surface area contributed by atoms with Crippen LogP contribution in [0.15, 0.2) is 29.8 Å². The summed E-state index contributed by atoms with van der Waals surface area (Å²) in [6.07, 6.45) is 4.56. The first-order chi connectivity index (χ1) is 9.45. The fraction of sp³-hybridized carbons (Fsp3) is 0.500. The zero-order valence-corrected chi connectivity index (χ0v) is 13.3. The van der Waals surface area contributed by atoms with Crippen LogP contribution in [0.4, 0.5) is 0 Å². The summed E-state index contributed by atoms with van der Waals surface area (Å²) < 4.78 is 0. The van der Waals surface area contributed by atoms with Crippen molar-refractivity contribution in [2.75, 3.05) is 0 Å². The largest absolute Gasteiger partial charge is 0.327 e. The Kier molecular flexibility index (Phi) is 4.89. The van der Waals surface area contributed by atoms with E-state index in [1.54, 1.807) is 11.3 Å². The van der Waals surface area contributed by atoms with E-state index in [0.717, 1.165) is 35.7 Å².